The number of hydrogen-bond acceptors (Lipinski definition) is 3. The monoisotopic (exact) mass is 360 g/mol. The first-order valence-corrected chi connectivity index (χ1v) is 8.58. The van der Waals surface area contributed by atoms with E-state index in [0.29, 0.717) is 5.11 Å². The molecule has 4 nitrogen and oxygen atoms in total. The molecule has 1 aliphatic heterocycles. The van der Waals surface area contributed by atoms with Gasteiger partial charge < -0.3 is 19.7 Å². The molecule has 0 amide bonds. The maximum atomic E-state index is 13.1. The van der Waals surface area contributed by atoms with Gasteiger partial charge in [-0.3, -0.25) is 0 Å². The zero-order chi connectivity index (χ0) is 17.8. The number of nitrogens with zero attached hydrogens (tertiary/aromatic N) is 1. The number of likely N-dealkylation sites (tertiary alicyclic amines) is 1. The lowest BCUT2D eigenvalue weighted by Crippen LogP contribution is -2.34. The highest BCUT2D eigenvalue weighted by molar-refractivity contribution is 7.80. The van der Waals surface area contributed by atoms with Gasteiger partial charge in [-0.2, -0.15) is 0 Å². The summed E-state index contributed by atoms with van der Waals surface area (Å²) in [6.07, 6.45) is 2.04. The fraction of sp³-hybridized carbons (Fsp3) is 0.316. The minimum Gasteiger partial charge on any atom is -0.497 e. The van der Waals surface area contributed by atoms with Crippen LogP contribution in [0.5, 0.6) is 11.5 Å². The van der Waals surface area contributed by atoms with Crippen LogP contribution in [-0.2, 0) is 0 Å². The summed E-state index contributed by atoms with van der Waals surface area (Å²) in [6, 6.07) is 12.2. The van der Waals surface area contributed by atoms with Gasteiger partial charge in [0.15, 0.2) is 5.11 Å². The van der Waals surface area contributed by atoms with Crippen LogP contribution in [0.3, 0.4) is 0 Å². The van der Waals surface area contributed by atoms with Gasteiger partial charge in [0.1, 0.15) is 17.3 Å². The van der Waals surface area contributed by atoms with Crippen LogP contribution in [0.2, 0.25) is 0 Å². The van der Waals surface area contributed by atoms with Crippen molar-refractivity contribution < 1.29 is 13.9 Å². The number of ether oxygens (including phenoxy) is 2. The molecule has 0 radical (unpaired) electrons. The first-order valence-electron chi connectivity index (χ1n) is 8.17. The highest BCUT2D eigenvalue weighted by Gasteiger charge is 2.30. The molecule has 2 aromatic rings. The van der Waals surface area contributed by atoms with Crippen LogP contribution in [0.4, 0.5) is 10.1 Å². The molecule has 1 N–H and O–H groups in total. The topological polar surface area (TPSA) is 33.7 Å². The fourth-order valence-corrected chi connectivity index (χ4v) is 3.49. The summed E-state index contributed by atoms with van der Waals surface area (Å²) in [4.78, 5) is 2.16. The lowest BCUT2D eigenvalue weighted by atomic mass is 10.0. The van der Waals surface area contributed by atoms with Crippen LogP contribution in [0.15, 0.2) is 42.5 Å². The molecule has 0 unspecified atom stereocenters. The Labute approximate surface area is 152 Å². The van der Waals surface area contributed by atoms with Gasteiger partial charge in [0.2, 0.25) is 0 Å². The average Bonchev–Trinajstić information content (AvgIpc) is 3.12. The molecule has 6 heteroatoms. The van der Waals surface area contributed by atoms with Crippen LogP contribution >= 0.6 is 12.2 Å². The zero-order valence-corrected chi connectivity index (χ0v) is 15.1. The summed E-state index contributed by atoms with van der Waals surface area (Å²) in [5.74, 6) is 1.29. The molecule has 1 atom stereocenters. The summed E-state index contributed by atoms with van der Waals surface area (Å²) < 4.78 is 23.9. The van der Waals surface area contributed by atoms with E-state index >= 15 is 0 Å². The van der Waals surface area contributed by atoms with Crippen LogP contribution in [-0.4, -0.2) is 30.8 Å². The largest absolute Gasteiger partial charge is 0.497 e. The molecule has 0 bridgehead atoms. The van der Waals surface area contributed by atoms with E-state index in [-0.39, 0.29) is 11.9 Å². The number of anilines is 1. The van der Waals surface area contributed by atoms with Crippen molar-refractivity contribution in [2.75, 3.05) is 26.1 Å². The molecule has 1 aliphatic rings. The highest BCUT2D eigenvalue weighted by atomic mass is 32.1. The maximum absolute atomic E-state index is 13.1. The fourth-order valence-electron chi connectivity index (χ4n) is 3.16. The molecule has 0 aliphatic carbocycles. The van der Waals surface area contributed by atoms with Crippen molar-refractivity contribution in [1.82, 2.24) is 4.90 Å². The summed E-state index contributed by atoms with van der Waals surface area (Å²) in [6.45, 7) is 0.868. The number of nitrogens with one attached hydrogen (secondary N) is 1. The summed E-state index contributed by atoms with van der Waals surface area (Å²) in [7, 11) is 3.30. The molecular formula is C19H21FN2O2S. The van der Waals surface area contributed by atoms with E-state index in [2.05, 4.69) is 10.2 Å². The lowest BCUT2D eigenvalue weighted by molar-refractivity contribution is 0.362. The van der Waals surface area contributed by atoms with Gasteiger partial charge >= 0.3 is 0 Å². The number of halogens is 1. The van der Waals surface area contributed by atoms with Crippen molar-refractivity contribution in [2.45, 2.75) is 18.9 Å². The molecule has 0 aromatic heterocycles. The van der Waals surface area contributed by atoms with Crippen LogP contribution in [0.1, 0.15) is 24.4 Å². The molecule has 1 fully saturated rings. The Morgan fingerprint density at radius 1 is 1.16 bits per heavy atom. The Morgan fingerprint density at radius 3 is 2.60 bits per heavy atom. The second kappa shape index (κ2) is 7.70. The van der Waals surface area contributed by atoms with E-state index in [1.807, 2.05) is 18.2 Å². The third-order valence-electron chi connectivity index (χ3n) is 4.41. The Morgan fingerprint density at radius 2 is 1.92 bits per heavy atom. The van der Waals surface area contributed by atoms with Gasteiger partial charge in [0.05, 0.1) is 20.3 Å². The average molecular weight is 360 g/mol. The van der Waals surface area contributed by atoms with Gasteiger partial charge in [-0.25, -0.2) is 4.39 Å². The van der Waals surface area contributed by atoms with Crippen molar-refractivity contribution in [2.24, 2.45) is 0 Å². The van der Waals surface area contributed by atoms with Gasteiger partial charge in [-0.05, 0) is 61.5 Å². The standard InChI is InChI=1S/C19H21FN2O2S/c1-23-15-9-10-16(18(12-15)24-2)17-4-3-11-22(17)19(25)21-14-7-5-13(20)6-8-14/h5-10,12,17H,3-4,11H2,1-2H3,(H,21,25)/t17-/m1/s1. The Balaban J connectivity index is 1.80. The van der Waals surface area contributed by atoms with Crippen molar-refractivity contribution in [3.63, 3.8) is 0 Å². The normalized spacial score (nSPS) is 16.6. The van der Waals surface area contributed by atoms with Gasteiger partial charge in [0.25, 0.3) is 0 Å². The summed E-state index contributed by atoms with van der Waals surface area (Å²) >= 11 is 5.59. The summed E-state index contributed by atoms with van der Waals surface area (Å²) in [5.41, 5.74) is 1.86. The molecule has 1 heterocycles. The quantitative estimate of drug-likeness (QED) is 0.819. The van der Waals surface area contributed by atoms with E-state index in [9.17, 15) is 4.39 Å². The minimum absolute atomic E-state index is 0.140. The van der Waals surface area contributed by atoms with Crippen molar-refractivity contribution in [1.29, 1.82) is 0 Å². The molecular weight excluding hydrogens is 339 g/mol. The van der Waals surface area contributed by atoms with Crippen LogP contribution in [0, 0.1) is 5.82 Å². The van der Waals surface area contributed by atoms with E-state index in [4.69, 9.17) is 21.7 Å². The Hall–Kier alpha value is -2.34. The van der Waals surface area contributed by atoms with E-state index < -0.39 is 0 Å². The molecule has 1 saturated heterocycles. The highest BCUT2D eigenvalue weighted by Crippen LogP contribution is 2.39. The van der Waals surface area contributed by atoms with E-state index in [0.717, 1.165) is 42.1 Å². The number of rotatable bonds is 4. The Kier molecular flexibility index (Phi) is 5.38. The van der Waals surface area contributed by atoms with E-state index in [1.54, 1.807) is 26.4 Å². The van der Waals surface area contributed by atoms with Gasteiger partial charge in [0, 0.05) is 23.9 Å². The molecule has 0 spiro atoms. The second-order valence-electron chi connectivity index (χ2n) is 5.90. The minimum atomic E-state index is -0.265. The zero-order valence-electron chi connectivity index (χ0n) is 14.3. The van der Waals surface area contributed by atoms with Gasteiger partial charge in [-0.15, -0.1) is 0 Å². The summed E-state index contributed by atoms with van der Waals surface area (Å²) in [5, 5.41) is 3.83. The first-order chi connectivity index (χ1) is 12.1. The molecule has 25 heavy (non-hydrogen) atoms. The Bertz CT molecular complexity index is 752. The smallest absolute Gasteiger partial charge is 0.173 e. The van der Waals surface area contributed by atoms with E-state index in [1.165, 1.54) is 12.1 Å². The SMILES string of the molecule is COc1ccc([C@H]2CCCN2C(=S)Nc2ccc(F)cc2)c(OC)c1. The second-order valence-corrected chi connectivity index (χ2v) is 6.28. The number of thiocarbonyl (C=S) groups is 1. The predicted octanol–water partition coefficient (Wildman–Crippen LogP) is 4.38. The maximum Gasteiger partial charge on any atom is 0.173 e. The van der Waals surface area contributed by atoms with Crippen molar-refractivity contribution in [3.05, 3.63) is 53.8 Å². The number of hydrogen-bond donors (Lipinski definition) is 1. The van der Waals surface area contributed by atoms with Crippen molar-refractivity contribution in [3.8, 4) is 11.5 Å². The van der Waals surface area contributed by atoms with Crippen LogP contribution in [0.25, 0.3) is 0 Å². The van der Waals surface area contributed by atoms with Gasteiger partial charge in [-0.1, -0.05) is 0 Å². The molecule has 3 rings (SSSR count). The molecule has 0 saturated carbocycles. The lowest BCUT2D eigenvalue weighted by Gasteiger charge is -2.29. The molecule has 2 aromatic carbocycles. The first kappa shape index (κ1) is 17.5. The predicted molar refractivity (Wildman–Crippen MR) is 101 cm³/mol. The third kappa shape index (κ3) is 3.85. The molecule has 132 valence electrons. The third-order valence-corrected chi connectivity index (χ3v) is 4.75. The number of benzene rings is 2. The van der Waals surface area contributed by atoms with Crippen molar-refractivity contribution >= 4 is 23.0 Å². The number of methoxy groups -OCH3 is 2. The van der Waals surface area contributed by atoms with Crippen LogP contribution < -0.4 is 14.8 Å².